The van der Waals surface area contributed by atoms with Gasteiger partial charge in [-0.15, -0.1) is 0 Å². The normalized spacial score (nSPS) is 10.5. The Morgan fingerprint density at radius 2 is 2.21 bits per heavy atom. The Bertz CT molecular complexity index is 619. The summed E-state index contributed by atoms with van der Waals surface area (Å²) in [7, 11) is 1.84. The van der Waals surface area contributed by atoms with Gasteiger partial charge in [0.2, 0.25) is 0 Å². The summed E-state index contributed by atoms with van der Waals surface area (Å²) in [5, 5.41) is 7.22. The topological polar surface area (TPSA) is 46.9 Å². The minimum atomic E-state index is -0.127. The zero-order valence-corrected chi connectivity index (χ0v) is 12.8. The number of hydrogen-bond donors (Lipinski definition) is 1. The van der Waals surface area contributed by atoms with Crippen LogP contribution in [0.25, 0.3) is 0 Å². The number of amides is 1. The fourth-order valence-electron chi connectivity index (χ4n) is 1.90. The molecule has 0 atom stereocenters. The molecule has 19 heavy (non-hydrogen) atoms. The van der Waals surface area contributed by atoms with Crippen LogP contribution in [-0.2, 0) is 13.5 Å². The van der Waals surface area contributed by atoms with Crippen molar-refractivity contribution in [2.45, 2.75) is 20.3 Å². The Balaban J connectivity index is 2.27. The number of hydrogen-bond acceptors (Lipinski definition) is 2. The molecule has 0 unspecified atom stereocenters. The van der Waals surface area contributed by atoms with Crippen molar-refractivity contribution >= 4 is 27.5 Å². The number of carbonyl (C=O) groups is 1. The van der Waals surface area contributed by atoms with E-state index < -0.39 is 0 Å². The lowest BCUT2D eigenvalue weighted by atomic mass is 10.1. The number of aromatic nitrogens is 2. The van der Waals surface area contributed by atoms with Crippen molar-refractivity contribution in [1.29, 1.82) is 0 Å². The quantitative estimate of drug-likeness (QED) is 0.942. The van der Waals surface area contributed by atoms with Crippen LogP contribution in [0, 0.1) is 6.92 Å². The summed E-state index contributed by atoms with van der Waals surface area (Å²) in [6.07, 6.45) is 2.60. The summed E-state index contributed by atoms with van der Waals surface area (Å²) in [6.45, 7) is 3.98. The standard InChI is InChI=1S/C14H16BrN3O/c1-4-12-13(8-18(3)17-12)16-14(19)10-7-9(2)5-6-11(10)15/h5-8H,4H2,1-3H3,(H,16,19). The molecule has 1 amide bonds. The van der Waals surface area contributed by atoms with Gasteiger partial charge in [0.1, 0.15) is 0 Å². The molecule has 2 aromatic rings. The second kappa shape index (κ2) is 5.57. The van der Waals surface area contributed by atoms with Gasteiger partial charge in [0.15, 0.2) is 0 Å². The lowest BCUT2D eigenvalue weighted by Crippen LogP contribution is -2.13. The smallest absolute Gasteiger partial charge is 0.256 e. The van der Waals surface area contributed by atoms with Crippen LogP contribution in [-0.4, -0.2) is 15.7 Å². The Hall–Kier alpha value is -1.62. The van der Waals surface area contributed by atoms with Gasteiger partial charge in [-0.3, -0.25) is 9.48 Å². The Morgan fingerprint density at radius 1 is 1.47 bits per heavy atom. The van der Waals surface area contributed by atoms with Crippen LogP contribution in [0.4, 0.5) is 5.69 Å². The minimum absolute atomic E-state index is 0.127. The van der Waals surface area contributed by atoms with Crippen molar-refractivity contribution in [3.63, 3.8) is 0 Å². The highest BCUT2D eigenvalue weighted by molar-refractivity contribution is 9.10. The van der Waals surface area contributed by atoms with Crippen molar-refractivity contribution in [3.05, 3.63) is 45.7 Å². The summed E-state index contributed by atoms with van der Waals surface area (Å²) in [6, 6.07) is 5.71. The average molecular weight is 322 g/mol. The van der Waals surface area contributed by atoms with Crippen LogP contribution in [0.1, 0.15) is 28.5 Å². The predicted octanol–water partition coefficient (Wildman–Crippen LogP) is 3.31. The molecule has 0 spiro atoms. The monoisotopic (exact) mass is 321 g/mol. The van der Waals surface area contributed by atoms with Gasteiger partial charge in [-0.05, 0) is 41.4 Å². The molecule has 4 nitrogen and oxygen atoms in total. The molecular weight excluding hydrogens is 306 g/mol. The van der Waals surface area contributed by atoms with Crippen LogP contribution < -0.4 is 5.32 Å². The Morgan fingerprint density at radius 3 is 2.89 bits per heavy atom. The van der Waals surface area contributed by atoms with Crippen LogP contribution in [0.5, 0.6) is 0 Å². The zero-order valence-electron chi connectivity index (χ0n) is 11.2. The first-order valence-corrected chi connectivity index (χ1v) is 6.90. The fourth-order valence-corrected chi connectivity index (χ4v) is 2.33. The number of nitrogens with zero attached hydrogens (tertiary/aromatic N) is 2. The third-order valence-corrected chi connectivity index (χ3v) is 3.55. The van der Waals surface area contributed by atoms with E-state index in [1.165, 1.54) is 0 Å². The van der Waals surface area contributed by atoms with E-state index in [4.69, 9.17) is 0 Å². The largest absolute Gasteiger partial charge is 0.319 e. The number of aryl methyl sites for hydroxylation is 3. The van der Waals surface area contributed by atoms with E-state index in [1.807, 2.05) is 45.3 Å². The van der Waals surface area contributed by atoms with Crippen LogP contribution in [0.2, 0.25) is 0 Å². The molecule has 1 aromatic heterocycles. The third-order valence-electron chi connectivity index (χ3n) is 2.85. The number of rotatable bonds is 3. The highest BCUT2D eigenvalue weighted by Gasteiger charge is 2.13. The van der Waals surface area contributed by atoms with Crippen molar-refractivity contribution in [2.24, 2.45) is 7.05 Å². The van der Waals surface area contributed by atoms with Crippen LogP contribution in [0.15, 0.2) is 28.9 Å². The van der Waals surface area contributed by atoms with Crippen LogP contribution >= 0.6 is 15.9 Å². The first-order chi connectivity index (χ1) is 9.01. The third kappa shape index (κ3) is 3.04. The molecule has 2 rings (SSSR count). The van der Waals surface area contributed by atoms with Gasteiger partial charge in [0.05, 0.1) is 16.9 Å². The summed E-state index contributed by atoms with van der Waals surface area (Å²) in [4.78, 5) is 12.3. The molecule has 0 radical (unpaired) electrons. The Kier molecular flexibility index (Phi) is 4.04. The SMILES string of the molecule is CCc1nn(C)cc1NC(=O)c1cc(C)ccc1Br. The molecule has 5 heteroatoms. The van der Waals surface area contributed by atoms with Gasteiger partial charge >= 0.3 is 0 Å². The predicted molar refractivity (Wildman–Crippen MR) is 79.4 cm³/mol. The average Bonchev–Trinajstić information content (AvgIpc) is 2.72. The summed E-state index contributed by atoms with van der Waals surface area (Å²) in [5.74, 6) is -0.127. The molecule has 100 valence electrons. The number of anilines is 1. The van der Waals surface area contributed by atoms with Crippen molar-refractivity contribution in [3.8, 4) is 0 Å². The molecule has 0 saturated carbocycles. The zero-order chi connectivity index (χ0) is 14.0. The maximum Gasteiger partial charge on any atom is 0.256 e. The van der Waals surface area contributed by atoms with E-state index in [0.29, 0.717) is 5.56 Å². The minimum Gasteiger partial charge on any atom is -0.319 e. The molecule has 0 fully saturated rings. The first kappa shape index (κ1) is 13.8. The molecular formula is C14H16BrN3O. The number of carbonyl (C=O) groups excluding carboxylic acids is 1. The molecule has 1 N–H and O–H groups in total. The van der Waals surface area contributed by atoms with E-state index >= 15 is 0 Å². The first-order valence-electron chi connectivity index (χ1n) is 6.11. The van der Waals surface area contributed by atoms with Gasteiger partial charge in [0, 0.05) is 17.7 Å². The van der Waals surface area contributed by atoms with Gasteiger partial charge in [0.25, 0.3) is 5.91 Å². The molecule has 0 aliphatic rings. The van der Waals surface area contributed by atoms with Crippen molar-refractivity contribution < 1.29 is 4.79 Å². The van der Waals surface area contributed by atoms with Crippen molar-refractivity contribution in [2.75, 3.05) is 5.32 Å². The van der Waals surface area contributed by atoms with Gasteiger partial charge in [-0.1, -0.05) is 18.6 Å². The van der Waals surface area contributed by atoms with E-state index in [0.717, 1.165) is 27.8 Å². The van der Waals surface area contributed by atoms with Crippen LogP contribution in [0.3, 0.4) is 0 Å². The lowest BCUT2D eigenvalue weighted by Gasteiger charge is -2.07. The van der Waals surface area contributed by atoms with Crippen molar-refractivity contribution in [1.82, 2.24) is 9.78 Å². The molecule has 1 heterocycles. The van der Waals surface area contributed by atoms with Gasteiger partial charge in [-0.2, -0.15) is 5.10 Å². The maximum atomic E-state index is 12.3. The molecule has 0 bridgehead atoms. The molecule has 0 aliphatic carbocycles. The summed E-state index contributed by atoms with van der Waals surface area (Å²) >= 11 is 3.40. The number of benzene rings is 1. The molecule has 1 aromatic carbocycles. The lowest BCUT2D eigenvalue weighted by molar-refractivity contribution is 0.102. The summed E-state index contributed by atoms with van der Waals surface area (Å²) in [5.41, 5.74) is 3.34. The second-order valence-electron chi connectivity index (χ2n) is 4.45. The Labute approximate surface area is 120 Å². The van der Waals surface area contributed by atoms with E-state index in [1.54, 1.807) is 4.68 Å². The number of halogens is 1. The highest BCUT2D eigenvalue weighted by Crippen LogP contribution is 2.21. The molecule has 0 saturated heterocycles. The fraction of sp³-hybridized carbons (Fsp3) is 0.286. The second-order valence-corrected chi connectivity index (χ2v) is 5.31. The van der Waals surface area contributed by atoms with E-state index in [-0.39, 0.29) is 5.91 Å². The van der Waals surface area contributed by atoms with E-state index in [2.05, 4.69) is 26.3 Å². The van der Waals surface area contributed by atoms with E-state index in [9.17, 15) is 4.79 Å². The van der Waals surface area contributed by atoms with Gasteiger partial charge in [-0.25, -0.2) is 0 Å². The summed E-state index contributed by atoms with van der Waals surface area (Å²) < 4.78 is 2.50. The maximum absolute atomic E-state index is 12.3. The number of nitrogens with one attached hydrogen (secondary N) is 1. The molecule has 0 aliphatic heterocycles. The van der Waals surface area contributed by atoms with Gasteiger partial charge < -0.3 is 5.32 Å². The highest BCUT2D eigenvalue weighted by atomic mass is 79.9.